The van der Waals surface area contributed by atoms with Gasteiger partial charge in [-0.3, -0.25) is 18.6 Å². The first-order valence-electron chi connectivity index (χ1n) is 22.2. The summed E-state index contributed by atoms with van der Waals surface area (Å²) >= 11 is 0. The molecule has 0 aromatic carbocycles. The van der Waals surface area contributed by atoms with Crippen LogP contribution in [-0.4, -0.2) is 99.3 Å². The van der Waals surface area contributed by atoms with Crippen molar-refractivity contribution in [3.63, 3.8) is 0 Å². The first kappa shape index (κ1) is 57.3. The number of allylic oxidation sites excluding steroid dienone is 8. The Hall–Kier alpha value is -2.71. The number of ether oxygens (including phenoxy) is 2. The van der Waals surface area contributed by atoms with Crippen molar-refractivity contribution in [3.8, 4) is 0 Å². The molecule has 0 fully saturated rings. The second kappa shape index (κ2) is 40.4. The predicted molar refractivity (Wildman–Crippen MR) is 237 cm³/mol. The predicted octanol–water partition coefficient (Wildman–Crippen LogP) is 8.58. The van der Waals surface area contributed by atoms with Gasteiger partial charge in [0.1, 0.15) is 12.7 Å². The van der Waals surface area contributed by atoms with E-state index < -0.39 is 76.7 Å². The van der Waals surface area contributed by atoms with Crippen LogP contribution in [0.4, 0.5) is 0 Å². The van der Waals surface area contributed by atoms with Crippen LogP contribution in [0.25, 0.3) is 0 Å². The molecule has 6 atom stereocenters. The van der Waals surface area contributed by atoms with Crippen molar-refractivity contribution in [1.29, 1.82) is 0 Å². The lowest BCUT2D eigenvalue weighted by atomic mass is 10.0. The molecule has 0 rings (SSSR count). The second-order valence-electron chi connectivity index (χ2n) is 14.9. The van der Waals surface area contributed by atoms with Crippen LogP contribution in [0, 0.1) is 0 Å². The molecule has 13 nitrogen and oxygen atoms in total. The van der Waals surface area contributed by atoms with Crippen molar-refractivity contribution < 1.29 is 63.1 Å². The molecule has 346 valence electrons. The summed E-state index contributed by atoms with van der Waals surface area (Å²) in [5, 5.41) is 48.4. The summed E-state index contributed by atoms with van der Waals surface area (Å²) in [5.74, 6) is -1.15. The maximum atomic E-state index is 12.6. The van der Waals surface area contributed by atoms with Gasteiger partial charge in [-0.05, 0) is 32.1 Å². The first-order valence-corrected chi connectivity index (χ1v) is 23.7. The van der Waals surface area contributed by atoms with Gasteiger partial charge < -0.3 is 39.9 Å². The largest absolute Gasteiger partial charge is 0.472 e. The fourth-order valence-corrected chi connectivity index (χ4v) is 6.43. The minimum Gasteiger partial charge on any atom is -0.462 e. The highest BCUT2D eigenvalue weighted by molar-refractivity contribution is 7.47. The molecule has 0 saturated carbocycles. The highest BCUT2D eigenvalue weighted by atomic mass is 31.2. The molecule has 0 heterocycles. The average Bonchev–Trinajstić information content (AvgIpc) is 3.23. The lowest BCUT2D eigenvalue weighted by molar-refractivity contribution is -0.161. The number of esters is 2. The fourth-order valence-electron chi connectivity index (χ4n) is 5.64. The van der Waals surface area contributed by atoms with Crippen LogP contribution in [0.5, 0.6) is 0 Å². The summed E-state index contributed by atoms with van der Waals surface area (Å²) in [5.41, 5.74) is 0. The Morgan fingerprint density at radius 1 is 0.600 bits per heavy atom. The van der Waals surface area contributed by atoms with Gasteiger partial charge in [0.25, 0.3) is 0 Å². The fraction of sp³-hybridized carbons (Fsp3) is 0.696. The number of hydrogen-bond acceptors (Lipinski definition) is 12. The molecule has 0 amide bonds. The van der Waals surface area contributed by atoms with E-state index in [4.69, 9.17) is 19.1 Å². The van der Waals surface area contributed by atoms with Gasteiger partial charge in [-0.2, -0.15) is 0 Å². The van der Waals surface area contributed by atoms with Crippen LogP contribution in [-0.2, 0) is 32.7 Å². The average molecular weight is 871 g/mol. The quantitative estimate of drug-likeness (QED) is 0.0112. The van der Waals surface area contributed by atoms with Gasteiger partial charge >= 0.3 is 19.8 Å². The van der Waals surface area contributed by atoms with E-state index in [9.17, 15) is 39.5 Å². The Kier molecular flexibility index (Phi) is 38.5. The third kappa shape index (κ3) is 38.2. The number of phosphoric ester groups is 1. The Balaban J connectivity index is 4.61. The van der Waals surface area contributed by atoms with E-state index in [1.165, 1.54) is 76.7 Å². The van der Waals surface area contributed by atoms with E-state index in [1.54, 1.807) is 54.7 Å². The lowest BCUT2D eigenvalue weighted by Crippen LogP contribution is -2.29. The molecule has 0 spiro atoms. The van der Waals surface area contributed by atoms with E-state index in [-0.39, 0.29) is 19.3 Å². The smallest absolute Gasteiger partial charge is 0.462 e. The summed E-state index contributed by atoms with van der Waals surface area (Å²) in [6, 6.07) is 0. The highest BCUT2D eigenvalue weighted by Gasteiger charge is 2.27. The maximum Gasteiger partial charge on any atom is 0.472 e. The molecule has 0 aromatic rings. The van der Waals surface area contributed by atoms with Crippen molar-refractivity contribution >= 4 is 19.8 Å². The van der Waals surface area contributed by atoms with E-state index in [2.05, 4.69) is 11.4 Å². The molecule has 6 N–H and O–H groups in total. The Labute approximate surface area is 360 Å². The van der Waals surface area contributed by atoms with E-state index in [0.717, 1.165) is 25.7 Å². The van der Waals surface area contributed by atoms with E-state index >= 15 is 0 Å². The van der Waals surface area contributed by atoms with Crippen LogP contribution in [0.3, 0.4) is 0 Å². The van der Waals surface area contributed by atoms with Crippen molar-refractivity contribution in [2.45, 2.75) is 179 Å². The molecule has 6 unspecified atom stereocenters. The Morgan fingerprint density at radius 3 is 1.72 bits per heavy atom. The van der Waals surface area contributed by atoms with Crippen LogP contribution >= 0.6 is 7.82 Å². The summed E-state index contributed by atoms with van der Waals surface area (Å²) in [6.07, 6.45) is 35.4. The highest BCUT2D eigenvalue weighted by Crippen LogP contribution is 2.43. The molecule has 60 heavy (non-hydrogen) atoms. The molecule has 14 heteroatoms. The van der Waals surface area contributed by atoms with Crippen LogP contribution < -0.4 is 0 Å². The van der Waals surface area contributed by atoms with Gasteiger partial charge in [0.15, 0.2) is 6.10 Å². The van der Waals surface area contributed by atoms with Gasteiger partial charge in [-0.1, -0.05) is 177 Å². The van der Waals surface area contributed by atoms with Gasteiger partial charge in [0, 0.05) is 12.8 Å². The van der Waals surface area contributed by atoms with Crippen LogP contribution in [0.2, 0.25) is 0 Å². The number of aliphatic hydroxyl groups excluding tert-OH is 5. The second-order valence-corrected chi connectivity index (χ2v) is 16.4. The van der Waals surface area contributed by atoms with Gasteiger partial charge in [0.05, 0.1) is 38.1 Å². The number of rotatable bonds is 40. The first-order chi connectivity index (χ1) is 28.9. The summed E-state index contributed by atoms with van der Waals surface area (Å²) < 4.78 is 32.5. The number of aliphatic hydroxyl groups is 5. The minimum atomic E-state index is -4.69. The summed E-state index contributed by atoms with van der Waals surface area (Å²) in [4.78, 5) is 35.0. The van der Waals surface area contributed by atoms with E-state index in [1.807, 2.05) is 19.1 Å². The SMILES string of the molecule is CC/C=C\CC(O)C(O)/C=C/C=C\C=C\C=C\C(O)C/C=C/CCC(=O)OC(COC(=O)CCCCCCCCCCCCCCCCC)COP(=O)(O)OCC(O)CO. The summed E-state index contributed by atoms with van der Waals surface area (Å²) in [7, 11) is -4.69. The molecule has 0 aliphatic carbocycles. The summed E-state index contributed by atoms with van der Waals surface area (Å²) in [6.45, 7) is 1.86. The van der Waals surface area contributed by atoms with Gasteiger partial charge in [0.2, 0.25) is 0 Å². The maximum absolute atomic E-state index is 12.6. The Morgan fingerprint density at radius 2 is 1.13 bits per heavy atom. The molecule has 0 aromatic heterocycles. The van der Waals surface area contributed by atoms with Gasteiger partial charge in [-0.15, -0.1) is 0 Å². The van der Waals surface area contributed by atoms with Gasteiger partial charge in [-0.25, -0.2) is 4.57 Å². The molecule has 0 saturated heterocycles. The number of unbranched alkanes of at least 4 members (excludes halogenated alkanes) is 14. The van der Waals surface area contributed by atoms with Crippen LogP contribution in [0.1, 0.15) is 149 Å². The van der Waals surface area contributed by atoms with Crippen molar-refractivity contribution in [2.24, 2.45) is 0 Å². The zero-order chi connectivity index (χ0) is 44.5. The standard InChI is InChI=1S/C46H79O13P/c1-3-5-7-8-9-10-11-12-13-14-15-16-17-22-28-34-45(52)56-38-42(39-58-60(54,55)57-37-41(49)36-47)59-46(53)35-29-23-26-31-40(48)30-25-20-18-19-21-27-33-44(51)43(50)32-24-6-4-2/h6,18-21,23-27,30,33,40-44,47-51H,3-5,7-17,22,28-29,31-32,34-39H2,1-2H3,(H,54,55)/b20-18+,21-19-,24-6-,26-23+,30-25+,33-27+. The molecular weight excluding hydrogens is 791 g/mol. The van der Waals surface area contributed by atoms with Crippen LogP contribution in [0.15, 0.2) is 72.9 Å². The number of carbonyl (C=O) groups excluding carboxylic acids is 2. The number of hydrogen-bond donors (Lipinski definition) is 6. The van der Waals surface area contributed by atoms with Crippen molar-refractivity contribution in [1.82, 2.24) is 0 Å². The zero-order valence-corrected chi connectivity index (χ0v) is 37.4. The monoisotopic (exact) mass is 871 g/mol. The normalized spacial score (nSPS) is 16.1. The zero-order valence-electron chi connectivity index (χ0n) is 36.5. The topological polar surface area (TPSA) is 210 Å². The molecular formula is C46H79O13P. The third-order valence-corrected chi connectivity index (χ3v) is 10.2. The Bertz CT molecular complexity index is 1280. The molecule has 0 radical (unpaired) electrons. The van der Waals surface area contributed by atoms with Crippen molar-refractivity contribution in [2.75, 3.05) is 26.4 Å². The van der Waals surface area contributed by atoms with E-state index in [0.29, 0.717) is 19.3 Å². The molecule has 0 aliphatic heterocycles. The number of carbonyl (C=O) groups is 2. The van der Waals surface area contributed by atoms with Crippen molar-refractivity contribution in [3.05, 3.63) is 72.9 Å². The minimum absolute atomic E-state index is 0.0581. The number of phosphoric acid groups is 1. The lowest BCUT2D eigenvalue weighted by Gasteiger charge is -2.20. The molecule has 0 bridgehead atoms. The molecule has 0 aliphatic rings. The third-order valence-electron chi connectivity index (χ3n) is 9.21.